The summed E-state index contributed by atoms with van der Waals surface area (Å²) in [6, 6.07) is 2.19. The minimum absolute atomic E-state index is 0.338. The van der Waals surface area contributed by atoms with E-state index in [1.165, 1.54) is 0 Å². The lowest BCUT2D eigenvalue weighted by molar-refractivity contribution is 0.728. The lowest BCUT2D eigenvalue weighted by Crippen LogP contribution is -2.35. The van der Waals surface area contributed by atoms with E-state index in [4.69, 9.17) is 5.26 Å². The number of allylic oxidation sites excluding steroid dienone is 1. The summed E-state index contributed by atoms with van der Waals surface area (Å²) in [5.41, 5.74) is 3.05. The van der Waals surface area contributed by atoms with Crippen molar-refractivity contribution in [2.75, 3.05) is 0 Å². The molecule has 0 bridgehead atoms. The Hall–Kier alpha value is -0.553. The first kappa shape index (κ1) is 11.4. The molecule has 12 heavy (non-hydrogen) atoms. The van der Waals surface area contributed by atoms with E-state index in [1.807, 2.05) is 6.92 Å². The average Bonchev–Trinajstić information content (AvgIpc) is 1.84. The van der Waals surface area contributed by atoms with Crippen molar-refractivity contribution in [3.8, 4) is 6.07 Å². The maximum absolute atomic E-state index is 8.67. The van der Waals surface area contributed by atoms with Gasteiger partial charge < -0.3 is 0 Å². The predicted octanol–water partition coefficient (Wildman–Crippen LogP) is 3.50. The first-order valence-corrected chi connectivity index (χ1v) is 7.38. The summed E-state index contributed by atoms with van der Waals surface area (Å²) in [5.74, 6) is 0. The number of hydrogen-bond acceptors (Lipinski definition) is 1. The molecule has 0 aromatic carbocycles. The van der Waals surface area contributed by atoms with Gasteiger partial charge in [0.05, 0.1) is 14.1 Å². The quantitative estimate of drug-likeness (QED) is 0.448. The molecule has 0 N–H and O–H groups in total. The zero-order chi connectivity index (χ0) is 9.99. The molecule has 0 aliphatic carbocycles. The smallest absolute Gasteiger partial charge is 0.0936 e. The van der Waals surface area contributed by atoms with Crippen molar-refractivity contribution >= 4 is 8.07 Å². The molecule has 0 heterocycles. The summed E-state index contributed by atoms with van der Waals surface area (Å²) in [6.45, 7) is 13.2. The highest BCUT2D eigenvalue weighted by Gasteiger charge is 2.32. The number of nitriles is 1. The summed E-state index contributed by atoms with van der Waals surface area (Å²) in [4.78, 5) is 0. The third-order valence-electron chi connectivity index (χ3n) is 2.69. The number of hydrogen-bond donors (Lipinski definition) is 0. The molecular weight excluding hydrogens is 162 g/mol. The summed E-state index contributed by atoms with van der Waals surface area (Å²) in [5, 5.41) is 9.01. The van der Waals surface area contributed by atoms with E-state index in [0.29, 0.717) is 5.04 Å². The van der Waals surface area contributed by atoms with E-state index in [1.54, 1.807) is 0 Å². The van der Waals surface area contributed by atoms with Crippen LogP contribution in [0.2, 0.25) is 18.1 Å². The van der Waals surface area contributed by atoms with Crippen molar-refractivity contribution in [3.05, 3.63) is 11.3 Å². The molecule has 2 heteroatoms. The van der Waals surface area contributed by atoms with Crippen molar-refractivity contribution in [2.45, 2.75) is 45.8 Å². The van der Waals surface area contributed by atoms with Crippen LogP contribution in [-0.4, -0.2) is 8.07 Å². The van der Waals surface area contributed by atoms with E-state index in [-0.39, 0.29) is 0 Å². The van der Waals surface area contributed by atoms with Crippen LogP contribution >= 0.6 is 0 Å². The van der Waals surface area contributed by atoms with Crippen molar-refractivity contribution in [2.24, 2.45) is 0 Å². The average molecular weight is 181 g/mol. The molecule has 0 fully saturated rings. The molecule has 0 unspecified atom stereocenters. The third-order valence-corrected chi connectivity index (χ3v) is 7.71. The molecule has 1 nitrogen and oxygen atoms in total. The van der Waals surface area contributed by atoms with Gasteiger partial charge in [-0.05, 0) is 12.0 Å². The molecule has 0 aliphatic rings. The summed E-state index contributed by atoms with van der Waals surface area (Å²) < 4.78 is 0. The molecule has 0 aliphatic heterocycles. The normalized spacial score (nSPS) is 14.2. The van der Waals surface area contributed by atoms with Crippen LogP contribution in [0.4, 0.5) is 0 Å². The maximum atomic E-state index is 8.67. The Balaban J connectivity index is 4.79. The van der Waals surface area contributed by atoms with E-state index < -0.39 is 8.07 Å². The topological polar surface area (TPSA) is 23.8 Å². The van der Waals surface area contributed by atoms with E-state index in [9.17, 15) is 0 Å². The van der Waals surface area contributed by atoms with Crippen molar-refractivity contribution in [1.29, 1.82) is 5.26 Å². The predicted molar refractivity (Wildman–Crippen MR) is 56.6 cm³/mol. The molecule has 0 aromatic heterocycles. The third kappa shape index (κ3) is 2.82. The van der Waals surface area contributed by atoms with Gasteiger partial charge in [-0.2, -0.15) is 5.26 Å². The molecule has 0 saturated heterocycles. The van der Waals surface area contributed by atoms with Gasteiger partial charge in [0.1, 0.15) is 0 Å². The van der Waals surface area contributed by atoms with Crippen molar-refractivity contribution < 1.29 is 0 Å². The van der Waals surface area contributed by atoms with Crippen LogP contribution in [0.1, 0.15) is 27.7 Å². The zero-order valence-corrected chi connectivity index (χ0v) is 10.0. The summed E-state index contributed by atoms with van der Waals surface area (Å²) in [6.07, 6.45) is 0. The minimum Gasteiger partial charge on any atom is -0.193 e. The molecular formula is C10H19NSi. The monoisotopic (exact) mass is 181 g/mol. The highest BCUT2D eigenvalue weighted by Crippen LogP contribution is 2.37. The van der Waals surface area contributed by atoms with Gasteiger partial charge >= 0.3 is 0 Å². The Bertz CT molecular complexity index is 225. The highest BCUT2D eigenvalue weighted by atomic mass is 28.3. The molecule has 0 aromatic rings. The zero-order valence-electron chi connectivity index (χ0n) is 9.02. The van der Waals surface area contributed by atoms with Gasteiger partial charge in [0.2, 0.25) is 0 Å². The van der Waals surface area contributed by atoms with Gasteiger partial charge in [0.25, 0.3) is 0 Å². The lowest BCUT2D eigenvalue weighted by atomic mass is 10.2. The molecule has 0 atom stereocenters. The van der Waals surface area contributed by atoms with Gasteiger partial charge in [-0.1, -0.05) is 39.6 Å². The number of nitrogens with zero attached hydrogens (tertiary/aromatic N) is 1. The SMILES string of the molecule is C/C(C#N)=C\[Si](C)(C)C(C)(C)C. The van der Waals surface area contributed by atoms with E-state index >= 15 is 0 Å². The molecule has 0 saturated carbocycles. The molecule has 0 radical (unpaired) electrons. The van der Waals surface area contributed by atoms with Crippen LogP contribution in [-0.2, 0) is 0 Å². The first-order valence-electron chi connectivity index (χ1n) is 4.30. The molecule has 0 spiro atoms. The van der Waals surface area contributed by atoms with Gasteiger partial charge in [-0.3, -0.25) is 0 Å². The van der Waals surface area contributed by atoms with Crippen LogP contribution < -0.4 is 0 Å². The standard InChI is InChI=1S/C10H19NSi/c1-9(7-11)8-12(5,6)10(2,3)4/h8H,1-6H3/b9-8+. The lowest BCUT2D eigenvalue weighted by Gasteiger charge is -2.34. The first-order chi connectivity index (χ1) is 5.20. The van der Waals surface area contributed by atoms with Crippen LogP contribution in [0.25, 0.3) is 0 Å². The van der Waals surface area contributed by atoms with Crippen LogP contribution in [0.15, 0.2) is 11.3 Å². The second kappa shape index (κ2) is 3.45. The summed E-state index contributed by atoms with van der Waals surface area (Å²) >= 11 is 0. The Morgan fingerprint density at radius 1 is 1.33 bits per heavy atom. The molecule has 68 valence electrons. The molecule has 0 amide bonds. The van der Waals surface area contributed by atoms with Gasteiger partial charge in [-0.25, -0.2) is 0 Å². The largest absolute Gasteiger partial charge is 0.193 e. The van der Waals surface area contributed by atoms with Crippen LogP contribution in [0.5, 0.6) is 0 Å². The fourth-order valence-electron chi connectivity index (χ4n) is 0.790. The fourth-order valence-corrected chi connectivity index (χ4v) is 2.37. The maximum Gasteiger partial charge on any atom is 0.0936 e. The molecule has 0 rings (SSSR count). The van der Waals surface area contributed by atoms with Crippen molar-refractivity contribution in [3.63, 3.8) is 0 Å². The van der Waals surface area contributed by atoms with Gasteiger partial charge in [0, 0.05) is 5.57 Å². The van der Waals surface area contributed by atoms with E-state index in [0.717, 1.165) is 5.57 Å². The Labute approximate surface area is 77.1 Å². The second-order valence-electron chi connectivity index (χ2n) is 4.91. The summed E-state index contributed by atoms with van der Waals surface area (Å²) in [7, 11) is -1.37. The Morgan fingerprint density at radius 3 is 2.00 bits per heavy atom. The highest BCUT2D eigenvalue weighted by molar-refractivity contribution is 6.84. The number of rotatable bonds is 1. The van der Waals surface area contributed by atoms with Gasteiger partial charge in [0.15, 0.2) is 0 Å². The second-order valence-corrected chi connectivity index (χ2v) is 10.1. The fraction of sp³-hybridized carbons (Fsp3) is 0.700. The van der Waals surface area contributed by atoms with Gasteiger partial charge in [-0.15, -0.1) is 0 Å². The van der Waals surface area contributed by atoms with Crippen LogP contribution in [0.3, 0.4) is 0 Å². The van der Waals surface area contributed by atoms with Crippen molar-refractivity contribution in [1.82, 2.24) is 0 Å². The van der Waals surface area contributed by atoms with Crippen LogP contribution in [0, 0.1) is 11.3 Å². The Kier molecular flexibility index (Phi) is 3.29. The minimum atomic E-state index is -1.37. The Morgan fingerprint density at radius 2 is 1.75 bits per heavy atom. The van der Waals surface area contributed by atoms with E-state index in [2.05, 4.69) is 45.6 Å².